The van der Waals surface area contributed by atoms with Crippen LogP contribution >= 0.6 is 0 Å². The predicted octanol–water partition coefficient (Wildman–Crippen LogP) is 1.90. The molecule has 0 bridgehead atoms. The summed E-state index contributed by atoms with van der Waals surface area (Å²) in [7, 11) is 3.24. The van der Waals surface area contributed by atoms with E-state index in [0.29, 0.717) is 30.2 Å². The van der Waals surface area contributed by atoms with Gasteiger partial charge in [0.1, 0.15) is 11.5 Å². The summed E-state index contributed by atoms with van der Waals surface area (Å²) in [6.07, 6.45) is 3.26. The number of nitrogens with zero attached hydrogens (tertiary/aromatic N) is 2. The van der Waals surface area contributed by atoms with Crippen LogP contribution in [0.5, 0.6) is 11.5 Å². The van der Waals surface area contributed by atoms with E-state index in [2.05, 4.69) is 16.8 Å². The topological polar surface area (TPSA) is 51.7 Å². The minimum absolute atomic E-state index is 0.153. The molecule has 0 aromatic carbocycles. The van der Waals surface area contributed by atoms with Crippen molar-refractivity contribution in [2.75, 3.05) is 27.3 Å². The van der Waals surface area contributed by atoms with Crippen molar-refractivity contribution in [1.29, 1.82) is 0 Å². The van der Waals surface area contributed by atoms with Crippen molar-refractivity contribution >= 4 is 5.78 Å². The molecule has 1 aromatic heterocycles. The van der Waals surface area contributed by atoms with Gasteiger partial charge in [-0.2, -0.15) is 0 Å². The highest BCUT2D eigenvalue weighted by molar-refractivity contribution is 5.82. The zero-order valence-electron chi connectivity index (χ0n) is 12.4. The zero-order valence-corrected chi connectivity index (χ0v) is 12.4. The van der Waals surface area contributed by atoms with Crippen molar-refractivity contribution in [1.82, 2.24) is 9.88 Å². The van der Waals surface area contributed by atoms with E-state index in [1.165, 1.54) is 0 Å². The maximum absolute atomic E-state index is 11.8. The van der Waals surface area contributed by atoms with Crippen LogP contribution in [-0.4, -0.2) is 43.0 Å². The van der Waals surface area contributed by atoms with E-state index in [0.717, 1.165) is 25.2 Å². The summed E-state index contributed by atoms with van der Waals surface area (Å²) in [6, 6.07) is 1.79. The molecule has 1 atom stereocenters. The molecule has 20 heavy (non-hydrogen) atoms. The normalized spacial score (nSPS) is 19.9. The summed E-state index contributed by atoms with van der Waals surface area (Å²) in [5.41, 5.74) is 0.857. The number of likely N-dealkylation sites (tertiary alicyclic amines) is 1. The Balaban J connectivity index is 2.12. The molecule has 1 aliphatic rings. The van der Waals surface area contributed by atoms with Crippen molar-refractivity contribution in [3.05, 3.63) is 18.0 Å². The van der Waals surface area contributed by atoms with Gasteiger partial charge in [0.2, 0.25) is 0 Å². The Morgan fingerprint density at radius 3 is 2.85 bits per heavy atom. The van der Waals surface area contributed by atoms with Gasteiger partial charge in [-0.3, -0.25) is 14.7 Å². The number of rotatable bonds is 5. The van der Waals surface area contributed by atoms with Gasteiger partial charge >= 0.3 is 0 Å². The lowest BCUT2D eigenvalue weighted by molar-refractivity contribution is -0.126. The van der Waals surface area contributed by atoms with Gasteiger partial charge in [0, 0.05) is 44.2 Å². The molecule has 110 valence electrons. The third-order valence-electron chi connectivity index (χ3n) is 3.84. The molecule has 5 nitrogen and oxygen atoms in total. The van der Waals surface area contributed by atoms with Crippen molar-refractivity contribution in [3.8, 4) is 11.5 Å². The molecule has 2 heterocycles. The van der Waals surface area contributed by atoms with Crippen LogP contribution in [0.2, 0.25) is 0 Å². The number of hydrogen-bond donors (Lipinski definition) is 0. The average molecular weight is 278 g/mol. The van der Waals surface area contributed by atoms with E-state index in [9.17, 15) is 4.79 Å². The van der Waals surface area contributed by atoms with Crippen LogP contribution < -0.4 is 9.47 Å². The second kappa shape index (κ2) is 6.70. The van der Waals surface area contributed by atoms with Crippen LogP contribution in [0.4, 0.5) is 0 Å². The lowest BCUT2D eigenvalue weighted by atomic mass is 9.94. The van der Waals surface area contributed by atoms with Crippen LogP contribution in [-0.2, 0) is 11.3 Å². The van der Waals surface area contributed by atoms with Gasteiger partial charge < -0.3 is 9.47 Å². The number of ketones is 1. The molecule has 5 heteroatoms. The van der Waals surface area contributed by atoms with Crippen LogP contribution in [0, 0.1) is 5.92 Å². The van der Waals surface area contributed by atoms with Gasteiger partial charge in [-0.15, -0.1) is 0 Å². The number of carbonyl (C=O) groups excluding carboxylic acids is 1. The molecule has 0 aliphatic carbocycles. The van der Waals surface area contributed by atoms with Crippen LogP contribution in [0.3, 0.4) is 0 Å². The summed E-state index contributed by atoms with van der Waals surface area (Å²) >= 11 is 0. The number of Topliss-reactive ketones (excluding diaryl/α,β-unsaturated/α-hetero) is 1. The molecule has 0 saturated carbocycles. The van der Waals surface area contributed by atoms with E-state index in [1.54, 1.807) is 26.5 Å². The Morgan fingerprint density at radius 2 is 2.20 bits per heavy atom. The first-order valence-electron chi connectivity index (χ1n) is 7.00. The molecular weight excluding hydrogens is 256 g/mol. The number of carbonyl (C=O) groups is 1. The summed E-state index contributed by atoms with van der Waals surface area (Å²) in [6.45, 7) is 4.34. The van der Waals surface area contributed by atoms with Gasteiger partial charge in [0.15, 0.2) is 11.5 Å². The SMILES string of the molecule is CCC1CN(Cc2nccc(OC)c2OC)CCC1=O. The molecule has 1 saturated heterocycles. The minimum atomic E-state index is 0.153. The lowest BCUT2D eigenvalue weighted by Crippen LogP contribution is -2.40. The van der Waals surface area contributed by atoms with Crippen molar-refractivity contribution in [3.63, 3.8) is 0 Å². The Bertz CT molecular complexity index is 476. The lowest BCUT2D eigenvalue weighted by Gasteiger charge is -2.31. The summed E-state index contributed by atoms with van der Waals surface area (Å²) in [4.78, 5) is 18.4. The first-order valence-corrected chi connectivity index (χ1v) is 7.00. The minimum Gasteiger partial charge on any atom is -0.493 e. The maximum Gasteiger partial charge on any atom is 0.183 e. The number of ether oxygens (including phenoxy) is 2. The van der Waals surface area contributed by atoms with Gasteiger partial charge in [-0.1, -0.05) is 6.92 Å². The van der Waals surface area contributed by atoms with Crippen LogP contribution in [0.25, 0.3) is 0 Å². The second-order valence-electron chi connectivity index (χ2n) is 5.05. The van der Waals surface area contributed by atoms with E-state index >= 15 is 0 Å². The van der Waals surface area contributed by atoms with Crippen molar-refractivity contribution < 1.29 is 14.3 Å². The van der Waals surface area contributed by atoms with Crippen LogP contribution in [0.15, 0.2) is 12.3 Å². The number of pyridine rings is 1. The van der Waals surface area contributed by atoms with Gasteiger partial charge in [0.25, 0.3) is 0 Å². The third kappa shape index (κ3) is 3.10. The van der Waals surface area contributed by atoms with Gasteiger partial charge in [-0.05, 0) is 6.42 Å². The number of aromatic nitrogens is 1. The Hall–Kier alpha value is -1.62. The molecule has 1 unspecified atom stereocenters. The Kier molecular flexibility index (Phi) is 4.95. The fourth-order valence-electron chi connectivity index (χ4n) is 2.65. The summed E-state index contributed by atoms with van der Waals surface area (Å²) in [5, 5.41) is 0. The standard InChI is InChI=1S/C15H22N2O3/c1-4-11-9-17(8-6-13(11)18)10-12-15(20-3)14(19-2)5-7-16-12/h5,7,11H,4,6,8-10H2,1-3H3. The first kappa shape index (κ1) is 14.8. The number of piperidine rings is 1. The molecule has 1 fully saturated rings. The fourth-order valence-corrected chi connectivity index (χ4v) is 2.65. The van der Waals surface area contributed by atoms with Crippen molar-refractivity contribution in [2.24, 2.45) is 5.92 Å². The maximum atomic E-state index is 11.8. The average Bonchev–Trinajstić information content (AvgIpc) is 2.48. The molecular formula is C15H22N2O3. The summed E-state index contributed by atoms with van der Waals surface area (Å²) in [5.74, 6) is 1.91. The van der Waals surface area contributed by atoms with Crippen LogP contribution in [0.1, 0.15) is 25.5 Å². The molecule has 1 aliphatic heterocycles. The number of methoxy groups -OCH3 is 2. The molecule has 1 aromatic rings. The third-order valence-corrected chi connectivity index (χ3v) is 3.84. The molecule has 0 radical (unpaired) electrons. The number of hydrogen-bond acceptors (Lipinski definition) is 5. The Morgan fingerprint density at radius 1 is 1.40 bits per heavy atom. The highest BCUT2D eigenvalue weighted by Crippen LogP contribution is 2.30. The van der Waals surface area contributed by atoms with E-state index < -0.39 is 0 Å². The second-order valence-corrected chi connectivity index (χ2v) is 5.05. The fraction of sp³-hybridized carbons (Fsp3) is 0.600. The quantitative estimate of drug-likeness (QED) is 0.823. The first-order chi connectivity index (χ1) is 9.69. The Labute approximate surface area is 119 Å². The smallest absolute Gasteiger partial charge is 0.183 e. The molecule has 0 amide bonds. The molecule has 0 N–H and O–H groups in total. The zero-order chi connectivity index (χ0) is 14.5. The van der Waals surface area contributed by atoms with E-state index in [1.807, 2.05) is 0 Å². The predicted molar refractivity (Wildman–Crippen MR) is 76.0 cm³/mol. The highest BCUT2D eigenvalue weighted by atomic mass is 16.5. The molecule has 0 spiro atoms. The monoisotopic (exact) mass is 278 g/mol. The van der Waals surface area contributed by atoms with Crippen molar-refractivity contribution in [2.45, 2.75) is 26.3 Å². The van der Waals surface area contributed by atoms with E-state index in [4.69, 9.17) is 9.47 Å². The summed E-state index contributed by atoms with van der Waals surface area (Å²) < 4.78 is 10.7. The molecule has 2 rings (SSSR count). The van der Waals surface area contributed by atoms with E-state index in [-0.39, 0.29) is 5.92 Å². The van der Waals surface area contributed by atoms with Gasteiger partial charge in [0.05, 0.1) is 14.2 Å². The van der Waals surface area contributed by atoms with Gasteiger partial charge in [-0.25, -0.2) is 0 Å². The highest BCUT2D eigenvalue weighted by Gasteiger charge is 2.26. The largest absolute Gasteiger partial charge is 0.493 e.